The van der Waals surface area contributed by atoms with Gasteiger partial charge in [0.25, 0.3) is 0 Å². The van der Waals surface area contributed by atoms with Gasteiger partial charge in [-0.05, 0) is 36.4 Å². The zero-order valence-electron chi connectivity index (χ0n) is 9.68. The minimum Gasteiger partial charge on any atom is -0.409 e. The molecule has 0 aliphatic heterocycles. The summed E-state index contributed by atoms with van der Waals surface area (Å²) in [7, 11) is 0. The van der Waals surface area contributed by atoms with Crippen LogP contribution >= 0.6 is 39.3 Å². The summed E-state index contributed by atoms with van der Waals surface area (Å²) in [5.74, 6) is 0.0640. The van der Waals surface area contributed by atoms with Gasteiger partial charge in [-0.3, -0.25) is 0 Å². The Balaban J connectivity index is 2.41. The summed E-state index contributed by atoms with van der Waals surface area (Å²) in [5.41, 5.74) is 6.31. The van der Waals surface area contributed by atoms with E-state index in [0.29, 0.717) is 10.6 Å². The molecule has 0 saturated heterocycles. The average Bonchev–Trinajstić information content (AvgIpc) is 2.38. The van der Waals surface area contributed by atoms with Crippen LogP contribution in [0.25, 0.3) is 0 Å². The maximum Gasteiger partial charge on any atom is 0.171 e. The molecule has 0 spiro atoms. The second-order valence-corrected chi connectivity index (χ2v) is 6.15. The van der Waals surface area contributed by atoms with Crippen LogP contribution in [-0.2, 0) is 0 Å². The van der Waals surface area contributed by atoms with Crippen LogP contribution in [0.5, 0.6) is 0 Å². The number of rotatable bonds is 3. The topological polar surface area (TPSA) is 58.6 Å². The highest BCUT2D eigenvalue weighted by Crippen LogP contribution is 2.33. The van der Waals surface area contributed by atoms with Crippen molar-refractivity contribution in [1.82, 2.24) is 0 Å². The Morgan fingerprint density at radius 2 is 2.05 bits per heavy atom. The van der Waals surface area contributed by atoms with Crippen molar-refractivity contribution in [2.75, 3.05) is 0 Å². The van der Waals surface area contributed by atoms with E-state index in [0.717, 1.165) is 14.3 Å². The fourth-order valence-electron chi connectivity index (χ4n) is 1.50. The van der Waals surface area contributed by atoms with Crippen molar-refractivity contribution in [3.8, 4) is 0 Å². The molecule has 6 heteroatoms. The van der Waals surface area contributed by atoms with Crippen molar-refractivity contribution in [1.29, 1.82) is 0 Å². The van der Waals surface area contributed by atoms with Crippen LogP contribution in [0.3, 0.4) is 0 Å². The second kappa shape index (κ2) is 6.32. The lowest BCUT2D eigenvalue weighted by molar-refractivity contribution is 0.318. The van der Waals surface area contributed by atoms with Crippen molar-refractivity contribution < 1.29 is 5.21 Å². The highest BCUT2D eigenvalue weighted by atomic mass is 79.9. The smallest absolute Gasteiger partial charge is 0.171 e. The van der Waals surface area contributed by atoms with Crippen LogP contribution in [0.2, 0.25) is 5.02 Å². The van der Waals surface area contributed by atoms with E-state index in [1.165, 1.54) is 11.8 Å². The van der Waals surface area contributed by atoms with Crippen molar-refractivity contribution >= 4 is 45.1 Å². The lowest BCUT2D eigenvalue weighted by atomic mass is 10.2. The van der Waals surface area contributed by atoms with Gasteiger partial charge in [-0.1, -0.05) is 50.5 Å². The maximum atomic E-state index is 8.81. The third kappa shape index (κ3) is 3.65. The van der Waals surface area contributed by atoms with Gasteiger partial charge < -0.3 is 10.9 Å². The molecular formula is C13H10BrClN2OS. The fourth-order valence-corrected chi connectivity index (χ4v) is 3.35. The molecule has 0 bridgehead atoms. The van der Waals surface area contributed by atoms with Crippen molar-refractivity contribution in [2.45, 2.75) is 9.79 Å². The fraction of sp³-hybridized carbons (Fsp3) is 0. The summed E-state index contributed by atoms with van der Waals surface area (Å²) in [6.07, 6.45) is 0. The molecule has 3 nitrogen and oxygen atoms in total. The van der Waals surface area contributed by atoms with Crippen molar-refractivity contribution in [3.05, 3.63) is 57.5 Å². The Labute approximate surface area is 128 Å². The van der Waals surface area contributed by atoms with Gasteiger partial charge in [-0.15, -0.1) is 0 Å². The molecule has 2 aromatic carbocycles. The van der Waals surface area contributed by atoms with E-state index in [-0.39, 0.29) is 5.84 Å². The summed E-state index contributed by atoms with van der Waals surface area (Å²) in [6, 6.07) is 13.1. The minimum absolute atomic E-state index is 0.0640. The summed E-state index contributed by atoms with van der Waals surface area (Å²) in [6.45, 7) is 0. The van der Waals surface area contributed by atoms with Crippen LogP contribution in [0, 0.1) is 0 Å². The predicted molar refractivity (Wildman–Crippen MR) is 82.2 cm³/mol. The summed E-state index contributed by atoms with van der Waals surface area (Å²) < 4.78 is 0.991. The first kappa shape index (κ1) is 14.2. The van der Waals surface area contributed by atoms with Gasteiger partial charge >= 0.3 is 0 Å². The number of oxime groups is 1. The van der Waals surface area contributed by atoms with Gasteiger partial charge in [0.05, 0.1) is 0 Å². The van der Waals surface area contributed by atoms with E-state index in [1.807, 2.05) is 24.3 Å². The lowest BCUT2D eigenvalue weighted by Crippen LogP contribution is -2.14. The molecule has 0 amide bonds. The quantitative estimate of drug-likeness (QED) is 0.371. The Bertz CT molecular complexity index is 634. The molecule has 0 aliphatic carbocycles. The lowest BCUT2D eigenvalue weighted by Gasteiger charge is -2.08. The Morgan fingerprint density at radius 3 is 2.74 bits per heavy atom. The SMILES string of the molecule is NC(=NO)c1ccc(Cl)cc1Sc1cccc(Br)c1. The van der Waals surface area contributed by atoms with E-state index in [4.69, 9.17) is 22.5 Å². The zero-order valence-corrected chi connectivity index (χ0v) is 12.8. The van der Waals surface area contributed by atoms with Gasteiger partial charge in [0.15, 0.2) is 5.84 Å². The summed E-state index contributed by atoms with van der Waals surface area (Å²) >= 11 is 10.9. The van der Waals surface area contributed by atoms with E-state index in [9.17, 15) is 0 Å². The Hall–Kier alpha value is -1.17. The van der Waals surface area contributed by atoms with Crippen LogP contribution < -0.4 is 5.73 Å². The van der Waals surface area contributed by atoms with Crippen LogP contribution in [0.4, 0.5) is 0 Å². The third-order valence-electron chi connectivity index (χ3n) is 2.35. The molecule has 0 aromatic heterocycles. The molecule has 2 rings (SSSR count). The van der Waals surface area contributed by atoms with Gasteiger partial charge in [-0.2, -0.15) is 0 Å². The maximum absolute atomic E-state index is 8.81. The monoisotopic (exact) mass is 356 g/mol. The largest absolute Gasteiger partial charge is 0.409 e. The van der Waals surface area contributed by atoms with Crippen LogP contribution in [-0.4, -0.2) is 11.0 Å². The number of amidine groups is 1. The molecule has 19 heavy (non-hydrogen) atoms. The number of benzene rings is 2. The first-order chi connectivity index (χ1) is 9.10. The number of halogens is 2. The van der Waals surface area contributed by atoms with Gasteiger partial charge in [0, 0.05) is 24.8 Å². The van der Waals surface area contributed by atoms with E-state index >= 15 is 0 Å². The predicted octanol–water partition coefficient (Wildman–Crippen LogP) is 4.35. The van der Waals surface area contributed by atoms with Crippen LogP contribution in [0.15, 0.2) is 61.9 Å². The Kier molecular flexibility index (Phi) is 4.74. The first-order valence-electron chi connectivity index (χ1n) is 5.31. The molecule has 0 heterocycles. The number of nitrogens with two attached hydrogens (primary N) is 1. The molecule has 2 aromatic rings. The minimum atomic E-state index is 0.0640. The molecular weight excluding hydrogens is 348 g/mol. The van der Waals surface area contributed by atoms with Crippen molar-refractivity contribution in [2.24, 2.45) is 10.9 Å². The molecule has 0 saturated carbocycles. The Morgan fingerprint density at radius 1 is 1.26 bits per heavy atom. The molecule has 0 unspecified atom stereocenters. The summed E-state index contributed by atoms with van der Waals surface area (Å²) in [4.78, 5) is 1.87. The molecule has 0 radical (unpaired) electrons. The van der Waals surface area contributed by atoms with Gasteiger partial charge in [0.2, 0.25) is 0 Å². The normalized spacial score (nSPS) is 11.6. The molecule has 0 atom stereocenters. The number of nitrogens with zero attached hydrogens (tertiary/aromatic N) is 1. The zero-order chi connectivity index (χ0) is 13.8. The first-order valence-corrected chi connectivity index (χ1v) is 7.30. The molecule has 0 fully saturated rings. The molecule has 98 valence electrons. The molecule has 0 aliphatic rings. The highest BCUT2D eigenvalue weighted by Gasteiger charge is 2.09. The van der Waals surface area contributed by atoms with E-state index in [1.54, 1.807) is 18.2 Å². The van der Waals surface area contributed by atoms with Gasteiger partial charge in [-0.25, -0.2) is 0 Å². The summed E-state index contributed by atoms with van der Waals surface area (Å²) in [5, 5.41) is 12.4. The third-order valence-corrected chi connectivity index (χ3v) is 4.13. The standard InChI is InChI=1S/C13H10BrClN2OS/c14-8-2-1-3-10(6-8)19-12-7-9(15)4-5-11(12)13(16)17-18/h1-7,18H,(H2,16,17). The number of hydrogen-bond donors (Lipinski definition) is 2. The molecule has 3 N–H and O–H groups in total. The second-order valence-electron chi connectivity index (χ2n) is 3.69. The van der Waals surface area contributed by atoms with E-state index < -0.39 is 0 Å². The van der Waals surface area contributed by atoms with Gasteiger partial charge in [0.1, 0.15) is 0 Å². The number of hydrogen-bond acceptors (Lipinski definition) is 3. The average molecular weight is 358 g/mol. The van der Waals surface area contributed by atoms with E-state index in [2.05, 4.69) is 21.1 Å². The highest BCUT2D eigenvalue weighted by molar-refractivity contribution is 9.10. The van der Waals surface area contributed by atoms with Crippen molar-refractivity contribution in [3.63, 3.8) is 0 Å². The van der Waals surface area contributed by atoms with Crippen LogP contribution in [0.1, 0.15) is 5.56 Å².